The van der Waals surface area contributed by atoms with Gasteiger partial charge < -0.3 is 15.2 Å². The van der Waals surface area contributed by atoms with E-state index in [0.29, 0.717) is 29.8 Å². The molecule has 6 heteroatoms. The summed E-state index contributed by atoms with van der Waals surface area (Å²) in [5.74, 6) is 1.32. The van der Waals surface area contributed by atoms with Crippen molar-refractivity contribution in [1.29, 1.82) is 0 Å². The third-order valence-electron chi connectivity index (χ3n) is 2.57. The molecule has 1 aromatic heterocycles. The number of nitrogens with zero attached hydrogens (tertiary/aromatic N) is 2. The van der Waals surface area contributed by atoms with Gasteiger partial charge in [-0.25, -0.2) is 9.97 Å². The summed E-state index contributed by atoms with van der Waals surface area (Å²) in [4.78, 5) is 8.56. The molecule has 2 heterocycles. The summed E-state index contributed by atoms with van der Waals surface area (Å²) < 4.78 is 5.52. The first-order valence-electron chi connectivity index (χ1n) is 5.80. The van der Waals surface area contributed by atoms with Crippen LogP contribution in [0.1, 0.15) is 31.2 Å². The van der Waals surface area contributed by atoms with Crippen LogP contribution in [0.25, 0.3) is 0 Å². The Labute approximate surface area is 105 Å². The van der Waals surface area contributed by atoms with Crippen molar-refractivity contribution < 1.29 is 9.84 Å². The molecule has 1 aliphatic rings. The van der Waals surface area contributed by atoms with Crippen LogP contribution in [0.3, 0.4) is 0 Å². The zero-order valence-corrected chi connectivity index (χ0v) is 10.3. The van der Waals surface area contributed by atoms with Crippen molar-refractivity contribution in [1.82, 2.24) is 9.97 Å². The maximum atomic E-state index is 8.71. The second-order valence-electron chi connectivity index (χ2n) is 3.94. The first-order chi connectivity index (χ1) is 8.29. The molecule has 0 amide bonds. The Morgan fingerprint density at radius 2 is 2.41 bits per heavy atom. The molecule has 2 N–H and O–H groups in total. The van der Waals surface area contributed by atoms with Gasteiger partial charge in [0, 0.05) is 25.8 Å². The van der Waals surface area contributed by atoms with Crippen LogP contribution in [-0.2, 0) is 4.74 Å². The van der Waals surface area contributed by atoms with E-state index in [0.717, 1.165) is 19.4 Å². The van der Waals surface area contributed by atoms with Crippen molar-refractivity contribution in [2.45, 2.75) is 25.4 Å². The molecule has 1 aliphatic heterocycles. The van der Waals surface area contributed by atoms with Crippen molar-refractivity contribution in [3.8, 4) is 0 Å². The minimum atomic E-state index is -0.0351. The fourth-order valence-electron chi connectivity index (χ4n) is 1.75. The molecule has 0 aromatic carbocycles. The minimum Gasteiger partial charge on any atom is -0.396 e. The lowest BCUT2D eigenvalue weighted by Gasteiger charge is -2.11. The van der Waals surface area contributed by atoms with Crippen LogP contribution in [0.5, 0.6) is 0 Å². The molecule has 0 spiro atoms. The number of ether oxygens (including phenoxy) is 1. The van der Waals surface area contributed by atoms with Crippen LogP contribution >= 0.6 is 11.6 Å². The predicted molar refractivity (Wildman–Crippen MR) is 65.2 cm³/mol. The van der Waals surface area contributed by atoms with Crippen molar-refractivity contribution >= 4 is 17.4 Å². The number of aliphatic hydroxyl groups excluding tert-OH is 1. The Kier molecular flexibility index (Phi) is 4.53. The van der Waals surface area contributed by atoms with Gasteiger partial charge in [0.2, 0.25) is 0 Å². The van der Waals surface area contributed by atoms with Gasteiger partial charge in [0.15, 0.2) is 5.82 Å². The monoisotopic (exact) mass is 257 g/mol. The van der Waals surface area contributed by atoms with E-state index < -0.39 is 0 Å². The second kappa shape index (κ2) is 6.14. The van der Waals surface area contributed by atoms with Gasteiger partial charge in [0.05, 0.1) is 0 Å². The number of nitrogens with one attached hydrogen (secondary N) is 1. The normalized spacial score (nSPS) is 19.5. The number of rotatable bonds is 5. The number of halogens is 1. The zero-order chi connectivity index (χ0) is 12.1. The standard InChI is InChI=1S/C11H16ClN3O2/c12-9-7-10(13-4-2-5-16)15-11(14-9)8-3-1-6-17-8/h7-8,16H,1-6H2,(H,13,14,15). The van der Waals surface area contributed by atoms with E-state index in [1.54, 1.807) is 6.07 Å². The molecule has 0 aliphatic carbocycles. The maximum absolute atomic E-state index is 8.71. The van der Waals surface area contributed by atoms with E-state index in [-0.39, 0.29) is 12.7 Å². The first kappa shape index (κ1) is 12.5. The number of aliphatic hydroxyl groups is 1. The Morgan fingerprint density at radius 1 is 1.53 bits per heavy atom. The Hall–Kier alpha value is -0.910. The zero-order valence-electron chi connectivity index (χ0n) is 9.53. The van der Waals surface area contributed by atoms with Gasteiger partial charge in [-0.15, -0.1) is 0 Å². The fourth-order valence-corrected chi connectivity index (χ4v) is 1.94. The van der Waals surface area contributed by atoms with Gasteiger partial charge in [-0.3, -0.25) is 0 Å². The Balaban J connectivity index is 2.05. The molecule has 1 unspecified atom stereocenters. The number of anilines is 1. The SMILES string of the molecule is OCCCNc1cc(Cl)nc(C2CCCO2)n1. The van der Waals surface area contributed by atoms with Crippen molar-refractivity contribution in [3.63, 3.8) is 0 Å². The summed E-state index contributed by atoms with van der Waals surface area (Å²) in [7, 11) is 0. The van der Waals surface area contributed by atoms with Crippen LogP contribution in [0, 0.1) is 0 Å². The predicted octanol–water partition coefficient (Wildman–Crippen LogP) is 1.78. The van der Waals surface area contributed by atoms with Gasteiger partial charge in [0.1, 0.15) is 17.1 Å². The third kappa shape index (κ3) is 3.52. The molecule has 2 rings (SSSR count). The summed E-state index contributed by atoms with van der Waals surface area (Å²) in [6.45, 7) is 1.58. The van der Waals surface area contributed by atoms with Crippen LogP contribution in [0.15, 0.2) is 6.07 Å². The van der Waals surface area contributed by atoms with E-state index in [1.807, 2.05) is 0 Å². The summed E-state index contributed by atoms with van der Waals surface area (Å²) in [5.41, 5.74) is 0. The summed E-state index contributed by atoms with van der Waals surface area (Å²) in [6, 6.07) is 1.68. The maximum Gasteiger partial charge on any atom is 0.161 e. The van der Waals surface area contributed by atoms with Crippen LogP contribution in [0.2, 0.25) is 5.15 Å². The average molecular weight is 258 g/mol. The average Bonchev–Trinajstić information content (AvgIpc) is 2.82. The number of hydrogen-bond donors (Lipinski definition) is 2. The van der Waals surface area contributed by atoms with Crippen LogP contribution in [-0.4, -0.2) is 34.8 Å². The fraction of sp³-hybridized carbons (Fsp3) is 0.636. The highest BCUT2D eigenvalue weighted by Crippen LogP contribution is 2.27. The highest BCUT2D eigenvalue weighted by molar-refractivity contribution is 6.29. The molecule has 17 heavy (non-hydrogen) atoms. The van der Waals surface area contributed by atoms with E-state index in [4.69, 9.17) is 21.4 Å². The Bertz CT molecular complexity index is 370. The van der Waals surface area contributed by atoms with Gasteiger partial charge in [-0.2, -0.15) is 0 Å². The summed E-state index contributed by atoms with van der Waals surface area (Å²) >= 11 is 5.95. The van der Waals surface area contributed by atoms with E-state index in [9.17, 15) is 0 Å². The minimum absolute atomic E-state index is 0.0351. The number of hydrogen-bond acceptors (Lipinski definition) is 5. The molecule has 1 saturated heterocycles. The van der Waals surface area contributed by atoms with Crippen molar-refractivity contribution in [2.24, 2.45) is 0 Å². The smallest absolute Gasteiger partial charge is 0.161 e. The molecule has 0 saturated carbocycles. The molecule has 94 valence electrons. The van der Waals surface area contributed by atoms with E-state index >= 15 is 0 Å². The van der Waals surface area contributed by atoms with Gasteiger partial charge in [-0.05, 0) is 19.3 Å². The van der Waals surface area contributed by atoms with Gasteiger partial charge in [-0.1, -0.05) is 11.6 Å². The Morgan fingerprint density at radius 3 is 3.12 bits per heavy atom. The molecule has 1 fully saturated rings. The molecule has 0 radical (unpaired) electrons. The summed E-state index contributed by atoms with van der Waals surface area (Å²) in [6.07, 6.45) is 2.62. The van der Waals surface area contributed by atoms with E-state index in [2.05, 4.69) is 15.3 Å². The van der Waals surface area contributed by atoms with Crippen molar-refractivity contribution in [2.75, 3.05) is 25.1 Å². The molecular weight excluding hydrogens is 242 g/mol. The van der Waals surface area contributed by atoms with Gasteiger partial charge in [0.25, 0.3) is 0 Å². The van der Waals surface area contributed by atoms with Crippen molar-refractivity contribution in [3.05, 3.63) is 17.0 Å². The lowest BCUT2D eigenvalue weighted by Crippen LogP contribution is -2.09. The lowest BCUT2D eigenvalue weighted by molar-refractivity contribution is 0.105. The number of aromatic nitrogens is 2. The topological polar surface area (TPSA) is 67.3 Å². The summed E-state index contributed by atoms with van der Waals surface area (Å²) in [5, 5.41) is 12.2. The molecule has 0 bridgehead atoms. The molecule has 5 nitrogen and oxygen atoms in total. The highest BCUT2D eigenvalue weighted by Gasteiger charge is 2.21. The lowest BCUT2D eigenvalue weighted by atomic mass is 10.2. The van der Waals surface area contributed by atoms with Crippen LogP contribution < -0.4 is 5.32 Å². The molecule has 1 aromatic rings. The molecule has 1 atom stereocenters. The second-order valence-corrected chi connectivity index (χ2v) is 4.33. The van der Waals surface area contributed by atoms with Gasteiger partial charge >= 0.3 is 0 Å². The van der Waals surface area contributed by atoms with Crippen LogP contribution in [0.4, 0.5) is 5.82 Å². The first-order valence-corrected chi connectivity index (χ1v) is 6.18. The van der Waals surface area contributed by atoms with E-state index in [1.165, 1.54) is 0 Å². The third-order valence-corrected chi connectivity index (χ3v) is 2.76. The molecular formula is C11H16ClN3O2. The highest BCUT2D eigenvalue weighted by atomic mass is 35.5. The largest absolute Gasteiger partial charge is 0.396 e. The quantitative estimate of drug-likeness (QED) is 0.622.